The van der Waals surface area contributed by atoms with E-state index < -0.39 is 16.4 Å². The van der Waals surface area contributed by atoms with E-state index in [4.69, 9.17) is 13.8 Å². The van der Waals surface area contributed by atoms with Crippen molar-refractivity contribution >= 4 is 16.4 Å². The Morgan fingerprint density at radius 1 is 1.03 bits per heavy atom. The summed E-state index contributed by atoms with van der Waals surface area (Å²) in [5, 5.41) is 9.12. The molecular weight excluding hydrogens is 430 g/mol. The van der Waals surface area contributed by atoms with Crippen LogP contribution >= 0.6 is 0 Å². The standard InChI is InChI=1S/C24H40O6S.H3N/c1-15(4-9-22(25)26)19-7-8-20-18-6-5-16-14-17(30-31(27,28)29)10-12-23(16,2)21(18)11-13-24(19,20)3;/h15-21H,4-14H2,1-3H3,(H,25,26)(H,27,28,29);1H3/p+1/t15-,16?,17-,18+,19-,20+,21+,23+,24-;/m1./s1. The van der Waals surface area contributed by atoms with Crippen LogP contribution in [-0.4, -0.2) is 30.2 Å². The van der Waals surface area contributed by atoms with Crippen molar-refractivity contribution in [3.8, 4) is 0 Å². The highest BCUT2D eigenvalue weighted by Gasteiger charge is 2.60. The second-order valence-corrected chi connectivity index (χ2v) is 12.8. The number of hydrogen-bond donors (Lipinski definition) is 3. The summed E-state index contributed by atoms with van der Waals surface area (Å²) in [7, 11) is -4.39. The van der Waals surface area contributed by atoms with Gasteiger partial charge >= 0.3 is 16.4 Å². The van der Waals surface area contributed by atoms with Gasteiger partial charge in [-0.3, -0.25) is 9.35 Å². The Labute approximate surface area is 193 Å². The molecule has 4 rings (SSSR count). The van der Waals surface area contributed by atoms with Gasteiger partial charge < -0.3 is 11.3 Å². The average molecular weight is 475 g/mol. The lowest BCUT2D eigenvalue weighted by Gasteiger charge is -2.61. The highest BCUT2D eigenvalue weighted by Crippen LogP contribution is 2.68. The Balaban J connectivity index is 0.00000289. The minimum Gasteiger partial charge on any atom is -0.481 e. The number of quaternary nitrogens is 1. The maximum atomic E-state index is 11.2. The zero-order valence-corrected chi connectivity index (χ0v) is 21.1. The number of carboxylic acids is 1. The average Bonchev–Trinajstić information content (AvgIpc) is 3.02. The van der Waals surface area contributed by atoms with Crippen LogP contribution in [0.3, 0.4) is 0 Å². The second-order valence-electron chi connectivity index (χ2n) is 11.7. The molecule has 4 saturated carbocycles. The van der Waals surface area contributed by atoms with E-state index in [-0.39, 0.29) is 24.1 Å². The summed E-state index contributed by atoms with van der Waals surface area (Å²) in [4.78, 5) is 11.1. The van der Waals surface area contributed by atoms with Crippen LogP contribution in [0.15, 0.2) is 0 Å². The number of carboxylic acid groups (broad SMARTS) is 1. The van der Waals surface area contributed by atoms with E-state index in [1.807, 2.05) is 0 Å². The molecule has 0 spiro atoms. The summed E-state index contributed by atoms with van der Waals surface area (Å²) in [5.74, 6) is 3.01. The molecule has 0 saturated heterocycles. The third-order valence-electron chi connectivity index (χ3n) is 10.4. The number of aliphatic carboxylic acids is 1. The van der Waals surface area contributed by atoms with Crippen LogP contribution in [0.1, 0.15) is 91.4 Å². The van der Waals surface area contributed by atoms with Gasteiger partial charge in [0.2, 0.25) is 0 Å². The van der Waals surface area contributed by atoms with Gasteiger partial charge in [0.1, 0.15) is 0 Å². The Morgan fingerprint density at radius 3 is 2.34 bits per heavy atom. The van der Waals surface area contributed by atoms with Crippen LogP contribution in [-0.2, 0) is 19.4 Å². The Kier molecular flexibility index (Phi) is 7.42. The second kappa shape index (κ2) is 9.16. The smallest absolute Gasteiger partial charge is 0.397 e. The maximum Gasteiger partial charge on any atom is 0.397 e. The zero-order chi connectivity index (χ0) is 22.6. The molecule has 6 N–H and O–H groups in total. The number of fused-ring (bicyclic) bond motifs is 5. The highest BCUT2D eigenvalue weighted by molar-refractivity contribution is 7.80. The largest absolute Gasteiger partial charge is 0.481 e. The summed E-state index contributed by atoms with van der Waals surface area (Å²) in [6.07, 6.45) is 10.4. The molecule has 4 fully saturated rings. The van der Waals surface area contributed by atoms with Gasteiger partial charge in [0.15, 0.2) is 0 Å². The van der Waals surface area contributed by atoms with Gasteiger partial charge in [-0.05, 0) is 111 Å². The number of rotatable bonds is 6. The lowest BCUT2D eigenvalue weighted by molar-refractivity contribution is -0.138. The summed E-state index contributed by atoms with van der Waals surface area (Å²) < 4.78 is 36.5. The number of carbonyl (C=O) groups is 1. The molecule has 7 nitrogen and oxygen atoms in total. The first kappa shape index (κ1) is 25.9. The van der Waals surface area contributed by atoms with E-state index in [1.165, 1.54) is 32.1 Å². The van der Waals surface area contributed by atoms with E-state index >= 15 is 0 Å². The number of hydrogen-bond acceptors (Lipinski definition) is 4. The van der Waals surface area contributed by atoms with Gasteiger partial charge in [-0.2, -0.15) is 8.42 Å². The predicted molar refractivity (Wildman–Crippen MR) is 124 cm³/mol. The van der Waals surface area contributed by atoms with E-state index in [0.717, 1.165) is 37.5 Å². The third kappa shape index (κ3) is 4.62. The van der Waals surface area contributed by atoms with Gasteiger partial charge in [0, 0.05) is 6.42 Å². The molecule has 0 bridgehead atoms. The summed E-state index contributed by atoms with van der Waals surface area (Å²) in [5.41, 5.74) is 0.559. The normalized spacial score (nSPS) is 44.5. The molecule has 0 heterocycles. The van der Waals surface area contributed by atoms with Gasteiger partial charge in [0.05, 0.1) is 6.10 Å². The first-order chi connectivity index (χ1) is 14.4. The third-order valence-corrected chi connectivity index (χ3v) is 11.0. The minimum absolute atomic E-state index is 0. The van der Waals surface area contributed by atoms with Crippen molar-refractivity contribution in [3.05, 3.63) is 0 Å². The quantitative estimate of drug-likeness (QED) is 0.421. The van der Waals surface area contributed by atoms with Gasteiger partial charge in [-0.1, -0.05) is 20.8 Å². The van der Waals surface area contributed by atoms with E-state index in [9.17, 15) is 13.2 Å². The van der Waals surface area contributed by atoms with E-state index in [0.29, 0.717) is 35.5 Å². The predicted octanol–water partition coefficient (Wildman–Crippen LogP) is 5.71. The van der Waals surface area contributed by atoms with Crippen molar-refractivity contribution in [2.75, 3.05) is 0 Å². The maximum absolute atomic E-state index is 11.2. The fraction of sp³-hybridized carbons (Fsp3) is 0.958. The van der Waals surface area contributed by atoms with E-state index in [2.05, 4.69) is 20.8 Å². The van der Waals surface area contributed by atoms with E-state index in [1.54, 1.807) is 0 Å². The van der Waals surface area contributed by atoms with Gasteiger partial charge in [0.25, 0.3) is 0 Å². The molecule has 0 aliphatic heterocycles. The molecule has 0 aromatic heterocycles. The minimum atomic E-state index is -4.39. The van der Waals surface area contributed by atoms with Crippen molar-refractivity contribution < 1.29 is 27.1 Å². The van der Waals surface area contributed by atoms with Crippen LogP contribution in [0.4, 0.5) is 0 Å². The zero-order valence-electron chi connectivity index (χ0n) is 20.3. The summed E-state index contributed by atoms with van der Waals surface area (Å²) >= 11 is 0. The molecule has 0 aromatic carbocycles. The Hall–Kier alpha value is -0.700. The first-order valence-corrected chi connectivity index (χ1v) is 13.7. The highest BCUT2D eigenvalue weighted by atomic mass is 32.3. The van der Waals surface area contributed by atoms with Crippen LogP contribution in [0, 0.1) is 46.3 Å². The molecule has 0 aromatic rings. The fourth-order valence-corrected chi connectivity index (χ4v) is 9.52. The van der Waals surface area contributed by atoms with Crippen LogP contribution in [0.25, 0.3) is 0 Å². The Bertz CT molecular complexity index is 802. The van der Waals surface area contributed by atoms with Crippen LogP contribution in [0.5, 0.6) is 0 Å². The van der Waals surface area contributed by atoms with Crippen molar-refractivity contribution in [2.24, 2.45) is 46.3 Å². The topological polar surface area (TPSA) is 137 Å². The Morgan fingerprint density at radius 2 is 1.69 bits per heavy atom. The molecular formula is C24H44NO6S+. The molecule has 8 heteroatoms. The summed E-state index contributed by atoms with van der Waals surface area (Å²) in [6.45, 7) is 7.19. The van der Waals surface area contributed by atoms with Gasteiger partial charge in [-0.15, -0.1) is 0 Å². The molecule has 0 amide bonds. The fourth-order valence-electron chi connectivity index (χ4n) is 9.01. The van der Waals surface area contributed by atoms with Crippen molar-refractivity contribution in [1.82, 2.24) is 6.15 Å². The molecule has 0 radical (unpaired) electrons. The molecule has 1 unspecified atom stereocenters. The molecule has 4 aliphatic rings. The van der Waals surface area contributed by atoms with Crippen molar-refractivity contribution in [2.45, 2.75) is 97.5 Å². The van der Waals surface area contributed by atoms with Crippen LogP contribution in [0.2, 0.25) is 0 Å². The molecule has 4 aliphatic carbocycles. The van der Waals surface area contributed by atoms with Crippen LogP contribution < -0.4 is 6.15 Å². The lowest BCUT2D eigenvalue weighted by atomic mass is 9.44. The molecule has 9 atom stereocenters. The molecule has 32 heavy (non-hydrogen) atoms. The monoisotopic (exact) mass is 474 g/mol. The first-order valence-electron chi connectivity index (χ1n) is 12.3. The lowest BCUT2D eigenvalue weighted by Crippen LogP contribution is -2.54. The van der Waals surface area contributed by atoms with Crippen molar-refractivity contribution in [3.63, 3.8) is 0 Å². The van der Waals surface area contributed by atoms with Gasteiger partial charge in [-0.25, -0.2) is 4.18 Å². The molecule has 186 valence electrons. The summed E-state index contributed by atoms with van der Waals surface area (Å²) in [6, 6.07) is 0. The SMILES string of the molecule is C[C@H](CCC(=O)O)[C@H]1CC[C@H]2[C@@H]3CCC4C[C@H](OS(=O)(=O)O)CC[C@]4(C)[C@H]3CC[C@]12C.[NH4+]. The van der Waals surface area contributed by atoms with Crippen molar-refractivity contribution in [1.29, 1.82) is 0 Å².